The molecular weight excluding hydrogens is 192 g/mol. The number of allylic oxidation sites excluding steroid dienone is 1. The quantitative estimate of drug-likeness (QED) is 0.712. The number of ketones is 1. The van der Waals surface area contributed by atoms with Gasteiger partial charge in [-0.15, -0.1) is 0 Å². The molecule has 1 saturated carbocycles. The zero-order valence-corrected chi connectivity index (χ0v) is 9.59. The molecule has 0 aromatic carbocycles. The van der Waals surface area contributed by atoms with Gasteiger partial charge in [-0.3, -0.25) is 9.59 Å². The third-order valence-electron chi connectivity index (χ3n) is 4.02. The molecule has 1 aliphatic carbocycles. The lowest BCUT2D eigenvalue weighted by atomic mass is 9.55. The van der Waals surface area contributed by atoms with Gasteiger partial charge in [0.1, 0.15) is 5.78 Å². The van der Waals surface area contributed by atoms with Crippen molar-refractivity contribution in [3.05, 3.63) is 12.2 Å². The Morgan fingerprint density at radius 2 is 1.93 bits per heavy atom. The second-order valence-corrected chi connectivity index (χ2v) is 5.05. The summed E-state index contributed by atoms with van der Waals surface area (Å²) in [5.74, 6) is -0.736. The number of rotatable bonds is 2. The number of carbonyl (C=O) groups is 2. The van der Waals surface area contributed by atoms with Crippen molar-refractivity contribution in [1.29, 1.82) is 0 Å². The van der Waals surface area contributed by atoms with Crippen LogP contribution in [0.25, 0.3) is 0 Å². The van der Waals surface area contributed by atoms with E-state index in [4.69, 9.17) is 5.11 Å². The van der Waals surface area contributed by atoms with Gasteiger partial charge in [-0.2, -0.15) is 0 Å². The molecule has 0 bridgehead atoms. The first-order valence-electron chi connectivity index (χ1n) is 5.15. The molecule has 1 N–H and O–H groups in total. The highest BCUT2D eigenvalue weighted by Gasteiger charge is 2.51. The molecule has 0 aromatic heterocycles. The summed E-state index contributed by atoms with van der Waals surface area (Å²) in [6.07, 6.45) is 1.08. The SMILES string of the molecule is C=C1CCC(=O)C(C)(C)C1(C)CC(=O)O. The van der Waals surface area contributed by atoms with Crippen LogP contribution < -0.4 is 0 Å². The van der Waals surface area contributed by atoms with Crippen LogP contribution in [-0.4, -0.2) is 16.9 Å². The van der Waals surface area contributed by atoms with Crippen molar-refractivity contribution in [2.45, 2.75) is 40.0 Å². The van der Waals surface area contributed by atoms with Crippen LogP contribution in [0, 0.1) is 10.8 Å². The van der Waals surface area contributed by atoms with Gasteiger partial charge in [-0.05, 0) is 6.42 Å². The number of carboxylic acid groups (broad SMARTS) is 1. The van der Waals surface area contributed by atoms with E-state index in [2.05, 4.69) is 6.58 Å². The highest BCUT2D eigenvalue weighted by molar-refractivity contribution is 5.88. The van der Waals surface area contributed by atoms with Crippen molar-refractivity contribution in [1.82, 2.24) is 0 Å². The Hall–Kier alpha value is -1.12. The number of carboxylic acids is 1. The average Bonchev–Trinajstić information content (AvgIpc) is 2.09. The Bertz CT molecular complexity index is 328. The Morgan fingerprint density at radius 1 is 1.40 bits per heavy atom. The molecule has 3 nitrogen and oxygen atoms in total. The van der Waals surface area contributed by atoms with Crippen molar-refractivity contribution < 1.29 is 14.7 Å². The number of hydrogen-bond acceptors (Lipinski definition) is 2. The Balaban J connectivity index is 3.14. The first-order chi connectivity index (χ1) is 6.72. The van der Waals surface area contributed by atoms with Gasteiger partial charge >= 0.3 is 5.97 Å². The molecule has 0 amide bonds. The van der Waals surface area contributed by atoms with Gasteiger partial charge in [-0.1, -0.05) is 32.9 Å². The normalized spacial score (nSPS) is 30.3. The molecule has 0 heterocycles. The van der Waals surface area contributed by atoms with E-state index in [1.807, 2.05) is 20.8 Å². The van der Waals surface area contributed by atoms with Gasteiger partial charge in [-0.25, -0.2) is 0 Å². The van der Waals surface area contributed by atoms with E-state index >= 15 is 0 Å². The number of Topliss-reactive ketones (excluding diaryl/α,β-unsaturated/α-hetero) is 1. The fraction of sp³-hybridized carbons (Fsp3) is 0.667. The van der Waals surface area contributed by atoms with Gasteiger partial charge in [0, 0.05) is 17.3 Å². The summed E-state index contributed by atoms with van der Waals surface area (Å²) < 4.78 is 0. The molecule has 1 fully saturated rings. The second kappa shape index (κ2) is 3.47. The third-order valence-corrected chi connectivity index (χ3v) is 4.02. The third kappa shape index (κ3) is 1.71. The fourth-order valence-corrected chi connectivity index (χ4v) is 2.25. The van der Waals surface area contributed by atoms with Gasteiger partial charge in [0.2, 0.25) is 0 Å². The summed E-state index contributed by atoms with van der Waals surface area (Å²) in [7, 11) is 0. The largest absolute Gasteiger partial charge is 0.481 e. The zero-order valence-electron chi connectivity index (χ0n) is 9.59. The van der Waals surface area contributed by atoms with Crippen LogP contribution in [0.15, 0.2) is 12.2 Å². The van der Waals surface area contributed by atoms with Crippen LogP contribution in [0.4, 0.5) is 0 Å². The van der Waals surface area contributed by atoms with Crippen molar-refractivity contribution in [3.8, 4) is 0 Å². The summed E-state index contributed by atoms with van der Waals surface area (Å²) >= 11 is 0. The summed E-state index contributed by atoms with van der Waals surface area (Å²) in [6, 6.07) is 0. The van der Waals surface area contributed by atoms with Crippen LogP contribution in [-0.2, 0) is 9.59 Å². The molecule has 15 heavy (non-hydrogen) atoms. The number of aliphatic carboxylic acids is 1. The molecule has 84 valence electrons. The van der Waals surface area contributed by atoms with Crippen molar-refractivity contribution in [2.75, 3.05) is 0 Å². The molecule has 1 aliphatic rings. The fourth-order valence-electron chi connectivity index (χ4n) is 2.25. The lowest BCUT2D eigenvalue weighted by Crippen LogP contribution is -2.47. The molecule has 0 radical (unpaired) electrons. The lowest BCUT2D eigenvalue weighted by molar-refractivity contribution is -0.145. The lowest BCUT2D eigenvalue weighted by Gasteiger charge is -2.47. The van der Waals surface area contributed by atoms with E-state index in [1.54, 1.807) is 0 Å². The topological polar surface area (TPSA) is 54.4 Å². The summed E-state index contributed by atoms with van der Waals surface area (Å²) in [4.78, 5) is 22.7. The van der Waals surface area contributed by atoms with E-state index < -0.39 is 16.8 Å². The van der Waals surface area contributed by atoms with Crippen LogP contribution in [0.1, 0.15) is 40.0 Å². The first kappa shape index (κ1) is 12.0. The highest BCUT2D eigenvalue weighted by atomic mass is 16.4. The minimum atomic E-state index is -0.874. The van der Waals surface area contributed by atoms with Crippen LogP contribution in [0.2, 0.25) is 0 Å². The maximum absolute atomic E-state index is 11.8. The first-order valence-corrected chi connectivity index (χ1v) is 5.15. The van der Waals surface area contributed by atoms with Crippen LogP contribution in [0.3, 0.4) is 0 Å². The Morgan fingerprint density at radius 3 is 2.40 bits per heavy atom. The number of hydrogen-bond donors (Lipinski definition) is 1. The van der Waals surface area contributed by atoms with E-state index in [1.165, 1.54) is 0 Å². The maximum atomic E-state index is 11.8. The summed E-state index contributed by atoms with van der Waals surface area (Å²) in [5, 5.41) is 8.91. The van der Waals surface area contributed by atoms with Gasteiger partial charge in [0.15, 0.2) is 0 Å². The molecule has 0 aliphatic heterocycles. The van der Waals surface area contributed by atoms with Gasteiger partial charge in [0.25, 0.3) is 0 Å². The number of carbonyl (C=O) groups excluding carboxylic acids is 1. The summed E-state index contributed by atoms with van der Waals surface area (Å²) in [6.45, 7) is 9.41. The van der Waals surface area contributed by atoms with Crippen LogP contribution in [0.5, 0.6) is 0 Å². The van der Waals surface area contributed by atoms with Gasteiger partial charge < -0.3 is 5.11 Å². The average molecular weight is 210 g/mol. The predicted octanol–water partition coefficient (Wildman–Crippen LogP) is 2.41. The molecule has 1 atom stereocenters. The van der Waals surface area contributed by atoms with Gasteiger partial charge in [0.05, 0.1) is 6.42 Å². The predicted molar refractivity (Wildman–Crippen MR) is 57.5 cm³/mol. The van der Waals surface area contributed by atoms with Crippen molar-refractivity contribution in [3.63, 3.8) is 0 Å². The minimum absolute atomic E-state index is 0.0232. The Kier molecular flexibility index (Phi) is 2.77. The molecule has 0 spiro atoms. The van der Waals surface area contributed by atoms with Crippen LogP contribution >= 0.6 is 0 Å². The standard InChI is InChI=1S/C12H18O3/c1-8-5-6-9(13)11(2,3)12(8,4)7-10(14)15/h1,5-7H2,2-4H3,(H,14,15). The minimum Gasteiger partial charge on any atom is -0.481 e. The Labute approximate surface area is 90.2 Å². The van der Waals surface area contributed by atoms with E-state index in [0.29, 0.717) is 12.8 Å². The smallest absolute Gasteiger partial charge is 0.304 e. The molecule has 0 saturated heterocycles. The molecule has 0 aromatic rings. The maximum Gasteiger partial charge on any atom is 0.304 e. The highest BCUT2D eigenvalue weighted by Crippen LogP contribution is 2.52. The van der Waals surface area contributed by atoms with E-state index in [0.717, 1.165) is 5.57 Å². The molecule has 1 rings (SSSR count). The van der Waals surface area contributed by atoms with E-state index in [-0.39, 0.29) is 12.2 Å². The van der Waals surface area contributed by atoms with E-state index in [9.17, 15) is 9.59 Å². The summed E-state index contributed by atoms with van der Waals surface area (Å²) in [5.41, 5.74) is -0.357. The van der Waals surface area contributed by atoms with Crippen molar-refractivity contribution in [2.24, 2.45) is 10.8 Å². The molecule has 1 unspecified atom stereocenters. The zero-order chi connectivity index (χ0) is 11.9. The monoisotopic (exact) mass is 210 g/mol. The molecular formula is C12H18O3. The van der Waals surface area contributed by atoms with Crippen molar-refractivity contribution >= 4 is 11.8 Å². The molecule has 3 heteroatoms. The second-order valence-electron chi connectivity index (χ2n) is 5.05.